The van der Waals surface area contributed by atoms with Gasteiger partial charge in [0.1, 0.15) is 0 Å². The summed E-state index contributed by atoms with van der Waals surface area (Å²) in [6.45, 7) is 0. The molecule has 0 spiro atoms. The summed E-state index contributed by atoms with van der Waals surface area (Å²) in [5, 5.41) is 0. The zero-order valence-electron chi connectivity index (χ0n) is 7.44. The second-order valence-electron chi connectivity index (χ2n) is 2.83. The van der Waals surface area contributed by atoms with E-state index in [1.807, 2.05) is 0 Å². The molecule has 18 heavy (non-hydrogen) atoms. The largest absolute Gasteiger partial charge is 0.457 e. The smallest absolute Gasteiger partial charge is 0.192 e. The molecule has 0 aromatic carbocycles. The van der Waals surface area contributed by atoms with Gasteiger partial charge < -0.3 is 0 Å². The molecule has 0 aromatic rings. The van der Waals surface area contributed by atoms with Crippen LogP contribution in [0.15, 0.2) is 0 Å². The minimum Gasteiger partial charge on any atom is -0.192 e. The highest BCUT2D eigenvalue weighted by molar-refractivity contribution is 5.09. The van der Waals surface area contributed by atoms with Gasteiger partial charge in [-0.2, -0.15) is 53.2 Å². The van der Waals surface area contributed by atoms with E-state index in [1.54, 1.807) is 0 Å². The Morgan fingerprint density at radius 1 is 0.500 bits per heavy atom. The van der Waals surface area contributed by atoms with E-state index in [4.69, 9.17) is 0 Å². The van der Waals surface area contributed by atoms with E-state index in [0.717, 1.165) is 4.94 Å². The number of hydrogen-bond acceptors (Lipinski definition) is 1. The molecule has 0 radical (unpaired) electrons. The third-order valence-corrected chi connectivity index (χ3v) is 1.71. The molecule has 0 fully saturated rings. The lowest BCUT2D eigenvalue weighted by molar-refractivity contribution is -0.509. The molecule has 0 N–H and O–H groups in total. The summed E-state index contributed by atoms with van der Waals surface area (Å²) >= 11 is 0. The lowest BCUT2D eigenvalue weighted by atomic mass is 9.93. The van der Waals surface area contributed by atoms with Crippen molar-refractivity contribution in [3.63, 3.8) is 0 Å². The van der Waals surface area contributed by atoms with Crippen molar-refractivity contribution < 1.29 is 57.8 Å². The first-order valence-corrected chi connectivity index (χ1v) is 3.44. The van der Waals surface area contributed by atoms with Gasteiger partial charge >= 0.3 is 30.1 Å². The molecule has 0 unspecified atom stereocenters. The molecule has 13 heteroatoms. The predicted octanol–water partition coefficient (Wildman–Crippen LogP) is 3.95. The normalized spacial score (nSPS) is 16.0. The fourth-order valence-corrected chi connectivity index (χ4v) is 0.852. The van der Waals surface area contributed by atoms with Crippen molar-refractivity contribution in [2.45, 2.75) is 30.1 Å². The fourth-order valence-electron chi connectivity index (χ4n) is 0.852. The van der Waals surface area contributed by atoms with E-state index < -0.39 is 30.1 Å². The highest BCUT2D eigenvalue weighted by Gasteiger charge is 2.92. The van der Waals surface area contributed by atoms with Gasteiger partial charge in [-0.05, 0) is 4.53 Å². The van der Waals surface area contributed by atoms with Crippen LogP contribution in [0.25, 0.3) is 0 Å². The Morgan fingerprint density at radius 3 is 0.833 bits per heavy atom. The van der Waals surface area contributed by atoms with Crippen LogP contribution in [0.2, 0.25) is 0 Å². The van der Waals surface area contributed by atoms with Gasteiger partial charge in [0.2, 0.25) is 0 Å². The van der Waals surface area contributed by atoms with Gasteiger partial charge in [-0.1, -0.05) is 0 Å². The Balaban J connectivity index is 6.27. The number of alkyl halides is 11. The molecule has 0 aliphatic heterocycles. The van der Waals surface area contributed by atoms with E-state index in [9.17, 15) is 52.8 Å². The maximum Gasteiger partial charge on any atom is 0.457 e. The van der Waals surface area contributed by atoms with Crippen molar-refractivity contribution in [3.05, 3.63) is 0 Å². The van der Waals surface area contributed by atoms with Crippen molar-refractivity contribution >= 4 is 0 Å². The quantitative estimate of drug-likeness (QED) is 0.702. The molecule has 0 aromatic heterocycles. The van der Waals surface area contributed by atoms with Crippen LogP contribution < -0.4 is 0 Å². The Labute approximate surface area is 89.2 Å². The topological polar surface area (TPSA) is 9.23 Å². The molecular formula is C5F12O. The van der Waals surface area contributed by atoms with E-state index in [2.05, 4.69) is 0 Å². The van der Waals surface area contributed by atoms with Gasteiger partial charge in [0.15, 0.2) is 0 Å². The minimum atomic E-state index is -7.58. The second-order valence-corrected chi connectivity index (χ2v) is 2.83. The molecule has 1 nitrogen and oxygen atoms in total. The summed E-state index contributed by atoms with van der Waals surface area (Å²) in [5.41, 5.74) is -7.33. The molecule has 0 aliphatic carbocycles. The van der Waals surface area contributed by atoms with Gasteiger partial charge in [0, 0.05) is 0 Å². The summed E-state index contributed by atoms with van der Waals surface area (Å²) in [6.07, 6.45) is -22.2. The Bertz CT molecular complexity index is 279. The summed E-state index contributed by atoms with van der Waals surface area (Å²) in [7, 11) is 0. The third kappa shape index (κ3) is 2.07. The van der Waals surface area contributed by atoms with Crippen molar-refractivity contribution in [3.8, 4) is 0 Å². The zero-order valence-corrected chi connectivity index (χ0v) is 7.44. The first-order chi connectivity index (χ1) is 7.56. The lowest BCUT2D eigenvalue weighted by Gasteiger charge is -2.38. The van der Waals surface area contributed by atoms with Gasteiger partial charge in [-0.15, -0.1) is 0 Å². The highest BCUT2D eigenvalue weighted by atomic mass is 19.4. The molecule has 0 rings (SSSR count). The van der Waals surface area contributed by atoms with Gasteiger partial charge in [-0.25, -0.2) is 0 Å². The molecule has 0 heterocycles. The molecule has 0 aliphatic rings. The van der Waals surface area contributed by atoms with Crippen LogP contribution in [-0.2, 0) is 4.94 Å². The number of hydrogen-bond donors (Lipinski definition) is 0. The number of rotatable bonds is 2. The van der Waals surface area contributed by atoms with Gasteiger partial charge in [-0.3, -0.25) is 0 Å². The van der Waals surface area contributed by atoms with Crippen molar-refractivity contribution in [2.75, 3.05) is 0 Å². The van der Waals surface area contributed by atoms with Crippen LogP contribution in [0.5, 0.6) is 0 Å². The van der Waals surface area contributed by atoms with Crippen LogP contribution in [0.4, 0.5) is 52.8 Å². The second kappa shape index (κ2) is 4.06. The third-order valence-electron chi connectivity index (χ3n) is 1.71. The van der Waals surface area contributed by atoms with E-state index in [1.165, 1.54) is 0 Å². The number of halogens is 12. The minimum absolute atomic E-state index is 1.04. The van der Waals surface area contributed by atoms with Crippen LogP contribution in [-0.4, -0.2) is 30.1 Å². The zero-order chi connectivity index (χ0) is 15.2. The molecule has 0 bridgehead atoms. The van der Waals surface area contributed by atoms with Crippen LogP contribution in [0.1, 0.15) is 0 Å². The highest BCUT2D eigenvalue weighted by Crippen LogP contribution is 2.59. The Morgan fingerprint density at radius 2 is 0.778 bits per heavy atom. The first-order valence-electron chi connectivity index (χ1n) is 3.44. The monoisotopic (exact) mass is 304 g/mol. The van der Waals surface area contributed by atoms with Crippen LogP contribution in [0, 0.1) is 0 Å². The average Bonchev–Trinajstić information content (AvgIpc) is 1.96. The lowest BCUT2D eigenvalue weighted by Crippen LogP contribution is -2.72. The molecular weight excluding hydrogens is 304 g/mol. The molecule has 0 amide bonds. The van der Waals surface area contributed by atoms with Gasteiger partial charge in [0.25, 0.3) is 0 Å². The van der Waals surface area contributed by atoms with Crippen LogP contribution >= 0.6 is 0 Å². The predicted molar refractivity (Wildman–Crippen MR) is 28.0 cm³/mol. The standard InChI is InChI=1S/C5F12O/c6-2(7,5(14,15)16)1(18-17,3(8,9)10)4(11,12)13. The SMILES string of the molecule is FOC(C(F)(F)F)(C(F)(F)F)C(F)(F)C(F)(F)F. The molecule has 0 saturated heterocycles. The molecule has 110 valence electrons. The maximum absolute atomic E-state index is 12.3. The van der Waals surface area contributed by atoms with Crippen LogP contribution in [0.3, 0.4) is 0 Å². The van der Waals surface area contributed by atoms with E-state index in [0.29, 0.717) is 0 Å². The summed E-state index contributed by atoms with van der Waals surface area (Å²) < 4.78 is 142. The van der Waals surface area contributed by atoms with Crippen molar-refractivity contribution in [1.29, 1.82) is 0 Å². The van der Waals surface area contributed by atoms with E-state index >= 15 is 0 Å². The molecule has 0 saturated carbocycles. The fraction of sp³-hybridized carbons (Fsp3) is 1.00. The first kappa shape index (κ1) is 17.1. The van der Waals surface area contributed by atoms with Crippen molar-refractivity contribution in [2.24, 2.45) is 0 Å². The summed E-state index contributed by atoms with van der Waals surface area (Å²) in [4.78, 5) is 1.04. The van der Waals surface area contributed by atoms with Crippen molar-refractivity contribution in [1.82, 2.24) is 0 Å². The summed E-state index contributed by atoms with van der Waals surface area (Å²) in [5.74, 6) is -7.58. The Kier molecular flexibility index (Phi) is 3.86. The molecule has 0 atom stereocenters. The Hall–Kier alpha value is -0.880. The van der Waals surface area contributed by atoms with E-state index in [-0.39, 0.29) is 0 Å². The maximum atomic E-state index is 12.3. The average molecular weight is 304 g/mol. The van der Waals surface area contributed by atoms with Gasteiger partial charge in [0.05, 0.1) is 0 Å². The summed E-state index contributed by atoms with van der Waals surface area (Å²) in [6, 6.07) is 0.